The second-order valence-electron chi connectivity index (χ2n) is 9.94. The monoisotopic (exact) mass is 551 g/mol. The largest absolute Gasteiger partial charge is 0.365 e. The van der Waals surface area contributed by atoms with Gasteiger partial charge in [-0.1, -0.05) is 5.21 Å². The second-order valence-corrected chi connectivity index (χ2v) is 12.2. The first-order valence-corrected chi connectivity index (χ1v) is 14.0. The van der Waals surface area contributed by atoms with Crippen LogP contribution in [-0.4, -0.2) is 68.4 Å². The Morgan fingerprint density at radius 2 is 1.79 bits per heavy atom. The standard InChI is InChI=1S/C24H25N9O3S2/c25-9-12-5-11-6-15(11)33(12)20(34)10-28-4-3-24(23-29-31-32-30-23)13-7-18(21(26)35)37-16(13)1-2-17-14(24)8-19(38-17)22(27)36/h7-8,11-12,15,28H,1-6,10H2,(H2,26,35)(H2,27,36)(H,29,30,31,32)/t11-,12+,15+/m1/s1. The van der Waals surface area contributed by atoms with E-state index < -0.39 is 17.2 Å². The predicted molar refractivity (Wildman–Crippen MR) is 137 cm³/mol. The topological polar surface area (TPSA) is 197 Å². The van der Waals surface area contributed by atoms with Gasteiger partial charge in [0.15, 0.2) is 5.82 Å². The molecule has 0 unspecified atom stereocenters. The average Bonchev–Trinajstić information content (AvgIpc) is 3.40. The quantitative estimate of drug-likeness (QED) is 0.289. The van der Waals surface area contributed by atoms with Crippen molar-refractivity contribution in [2.75, 3.05) is 13.1 Å². The molecule has 3 aromatic heterocycles. The molecule has 2 fully saturated rings. The van der Waals surface area contributed by atoms with Crippen molar-refractivity contribution >= 4 is 40.4 Å². The number of rotatable bonds is 8. The molecule has 1 aliphatic heterocycles. The maximum atomic E-state index is 13.0. The van der Waals surface area contributed by atoms with Crippen LogP contribution in [0.5, 0.6) is 0 Å². The van der Waals surface area contributed by atoms with E-state index in [0.717, 1.165) is 33.7 Å². The molecule has 0 radical (unpaired) electrons. The summed E-state index contributed by atoms with van der Waals surface area (Å²) in [5.74, 6) is -0.288. The van der Waals surface area contributed by atoms with Crippen molar-refractivity contribution in [3.05, 3.63) is 48.6 Å². The van der Waals surface area contributed by atoms with Crippen molar-refractivity contribution < 1.29 is 14.4 Å². The molecule has 6 rings (SSSR count). The minimum absolute atomic E-state index is 0.0875. The zero-order chi connectivity index (χ0) is 26.6. The molecule has 3 amide bonds. The zero-order valence-electron chi connectivity index (χ0n) is 20.3. The Balaban J connectivity index is 1.35. The fraction of sp³-hybridized carbons (Fsp3) is 0.458. The number of carbonyl (C=O) groups excluding carboxylic acids is 3. The number of thiophene rings is 2. The third-order valence-corrected chi connectivity index (χ3v) is 10.2. The number of aryl methyl sites for hydroxylation is 2. The maximum absolute atomic E-state index is 13.0. The predicted octanol–water partition coefficient (Wildman–Crippen LogP) is 0.446. The van der Waals surface area contributed by atoms with Gasteiger partial charge in [0.05, 0.1) is 27.8 Å². The van der Waals surface area contributed by atoms with E-state index >= 15 is 0 Å². The number of piperidine rings is 1. The third kappa shape index (κ3) is 3.89. The van der Waals surface area contributed by atoms with Crippen molar-refractivity contribution in [2.24, 2.45) is 17.4 Å². The molecule has 1 saturated carbocycles. The lowest BCUT2D eigenvalue weighted by Crippen LogP contribution is -2.44. The fourth-order valence-electron chi connectivity index (χ4n) is 6.02. The molecular formula is C24H25N9O3S2. The van der Waals surface area contributed by atoms with Gasteiger partial charge in [0, 0.05) is 15.8 Å². The summed E-state index contributed by atoms with van der Waals surface area (Å²) in [7, 11) is 0. The Morgan fingerprint density at radius 1 is 1.13 bits per heavy atom. The lowest BCUT2D eigenvalue weighted by Gasteiger charge is -2.31. The van der Waals surface area contributed by atoms with Gasteiger partial charge in [0.25, 0.3) is 11.8 Å². The first-order valence-electron chi connectivity index (χ1n) is 12.3. The normalized spacial score (nSPS) is 22.6. The van der Waals surface area contributed by atoms with E-state index in [0.29, 0.717) is 47.3 Å². The fourth-order valence-corrected chi connectivity index (χ4v) is 8.20. The number of primary amides is 2. The number of nitrogens with one attached hydrogen (secondary N) is 2. The number of H-pyrrole nitrogens is 1. The molecule has 0 spiro atoms. The summed E-state index contributed by atoms with van der Waals surface area (Å²) in [5.41, 5.74) is 12.0. The number of hydrogen-bond acceptors (Lipinski definition) is 10. The maximum Gasteiger partial charge on any atom is 0.258 e. The number of nitrogens with zero attached hydrogens (tertiary/aromatic N) is 5. The Bertz CT molecular complexity index is 1410. The molecule has 3 aliphatic rings. The highest BCUT2D eigenvalue weighted by Gasteiger charge is 2.54. The van der Waals surface area contributed by atoms with E-state index in [1.54, 1.807) is 17.0 Å². The Morgan fingerprint density at radius 3 is 2.34 bits per heavy atom. The molecule has 38 heavy (non-hydrogen) atoms. The minimum Gasteiger partial charge on any atom is -0.365 e. The molecule has 0 aromatic carbocycles. The highest BCUT2D eigenvalue weighted by atomic mass is 32.1. The molecule has 12 nitrogen and oxygen atoms in total. The molecule has 2 aliphatic carbocycles. The summed E-state index contributed by atoms with van der Waals surface area (Å²) in [4.78, 5) is 41.8. The third-order valence-electron chi connectivity index (χ3n) is 7.82. The van der Waals surface area contributed by atoms with Crippen LogP contribution in [0.3, 0.4) is 0 Å². The molecule has 14 heteroatoms. The van der Waals surface area contributed by atoms with Gasteiger partial charge < -0.3 is 21.7 Å². The van der Waals surface area contributed by atoms with Crippen molar-refractivity contribution in [1.29, 1.82) is 5.26 Å². The highest BCUT2D eigenvalue weighted by molar-refractivity contribution is 7.15. The number of aromatic amines is 1. The molecule has 4 heterocycles. The van der Waals surface area contributed by atoms with Crippen molar-refractivity contribution in [3.63, 3.8) is 0 Å². The van der Waals surface area contributed by atoms with Crippen LogP contribution >= 0.6 is 22.7 Å². The number of amides is 3. The lowest BCUT2D eigenvalue weighted by molar-refractivity contribution is -0.131. The number of nitrogens with two attached hydrogens (primary N) is 2. The summed E-state index contributed by atoms with van der Waals surface area (Å²) in [5, 5.41) is 27.8. The smallest absolute Gasteiger partial charge is 0.258 e. The molecule has 3 aromatic rings. The van der Waals surface area contributed by atoms with Gasteiger partial charge in [-0.3, -0.25) is 14.4 Å². The second kappa shape index (κ2) is 9.26. The Labute approximate surface area is 225 Å². The van der Waals surface area contributed by atoms with Crippen LogP contribution in [0.4, 0.5) is 0 Å². The number of carbonyl (C=O) groups is 3. The summed E-state index contributed by atoms with van der Waals surface area (Å²) in [6.07, 6.45) is 3.43. The summed E-state index contributed by atoms with van der Waals surface area (Å²) in [6.45, 7) is 0.484. The van der Waals surface area contributed by atoms with Crippen LogP contribution in [0.1, 0.15) is 65.3 Å². The van der Waals surface area contributed by atoms with Gasteiger partial charge >= 0.3 is 0 Å². The summed E-state index contributed by atoms with van der Waals surface area (Å²) >= 11 is 2.70. The van der Waals surface area contributed by atoms with Gasteiger partial charge in [-0.15, -0.1) is 32.9 Å². The molecule has 3 atom stereocenters. The van der Waals surface area contributed by atoms with E-state index in [1.807, 2.05) is 0 Å². The molecule has 1 saturated heterocycles. The SMILES string of the molecule is N#C[C@@H]1C[C@@H]2C[C@@H]2N1C(=O)CNCCC1(c2nn[nH]n2)c2cc(C(N)=O)sc2CCc2sc(C(N)=O)cc21. The number of tetrazole rings is 1. The van der Waals surface area contributed by atoms with Crippen molar-refractivity contribution in [3.8, 4) is 6.07 Å². The highest BCUT2D eigenvalue weighted by Crippen LogP contribution is 2.50. The van der Waals surface area contributed by atoms with Crippen LogP contribution in [0.2, 0.25) is 0 Å². The van der Waals surface area contributed by atoms with Gasteiger partial charge in [-0.05, 0) is 67.8 Å². The Kier molecular flexibility index (Phi) is 6.01. The van der Waals surface area contributed by atoms with Crippen LogP contribution in [-0.2, 0) is 23.1 Å². The van der Waals surface area contributed by atoms with Gasteiger partial charge in [0.1, 0.15) is 6.04 Å². The van der Waals surface area contributed by atoms with Gasteiger partial charge in [0.2, 0.25) is 5.91 Å². The van der Waals surface area contributed by atoms with E-state index in [2.05, 4.69) is 32.0 Å². The van der Waals surface area contributed by atoms with Crippen molar-refractivity contribution in [2.45, 2.75) is 49.6 Å². The van der Waals surface area contributed by atoms with Crippen molar-refractivity contribution in [1.82, 2.24) is 30.8 Å². The van der Waals surface area contributed by atoms with Crippen LogP contribution in [0, 0.1) is 17.2 Å². The minimum atomic E-state index is -0.955. The van der Waals surface area contributed by atoms with Crippen LogP contribution in [0.15, 0.2) is 12.1 Å². The number of fused-ring (bicyclic) bond motifs is 3. The average molecular weight is 552 g/mol. The number of hydrogen-bond donors (Lipinski definition) is 4. The first kappa shape index (κ1) is 24.7. The van der Waals surface area contributed by atoms with E-state index in [1.165, 1.54) is 22.7 Å². The van der Waals surface area contributed by atoms with Gasteiger partial charge in [-0.2, -0.15) is 10.5 Å². The summed E-state index contributed by atoms with van der Waals surface area (Å²) < 4.78 is 0. The molecular weight excluding hydrogens is 526 g/mol. The molecule has 196 valence electrons. The van der Waals surface area contributed by atoms with Crippen LogP contribution in [0.25, 0.3) is 0 Å². The van der Waals surface area contributed by atoms with E-state index in [-0.39, 0.29) is 24.5 Å². The summed E-state index contributed by atoms with van der Waals surface area (Å²) in [6, 6.07) is 5.65. The number of nitriles is 1. The lowest BCUT2D eigenvalue weighted by atomic mass is 9.71. The van der Waals surface area contributed by atoms with E-state index in [9.17, 15) is 19.6 Å². The van der Waals surface area contributed by atoms with Gasteiger partial charge in [-0.25, -0.2) is 0 Å². The number of aromatic nitrogens is 4. The first-order chi connectivity index (χ1) is 18.3. The Hall–Kier alpha value is -3.67. The van der Waals surface area contributed by atoms with E-state index in [4.69, 9.17) is 11.5 Å². The molecule has 6 N–H and O–H groups in total. The van der Waals surface area contributed by atoms with Crippen LogP contribution < -0.4 is 16.8 Å². The number of likely N-dealkylation sites (tertiary alicyclic amines) is 1. The molecule has 0 bridgehead atoms. The zero-order valence-corrected chi connectivity index (χ0v) is 21.9.